The van der Waals surface area contributed by atoms with Gasteiger partial charge in [0.1, 0.15) is 5.75 Å². The predicted octanol–water partition coefficient (Wildman–Crippen LogP) is 1.80. The van der Waals surface area contributed by atoms with Crippen molar-refractivity contribution in [1.82, 2.24) is 5.32 Å². The second kappa shape index (κ2) is 4.14. The summed E-state index contributed by atoms with van der Waals surface area (Å²) in [5, 5.41) is 12.1. The van der Waals surface area contributed by atoms with Crippen molar-refractivity contribution in [1.29, 1.82) is 0 Å². The van der Waals surface area contributed by atoms with Crippen molar-refractivity contribution in [3.63, 3.8) is 0 Å². The van der Waals surface area contributed by atoms with Crippen molar-refractivity contribution < 1.29 is 9.90 Å². The second-order valence-corrected chi connectivity index (χ2v) is 2.93. The molecule has 70 valence electrons. The van der Waals surface area contributed by atoms with E-state index in [0.717, 1.165) is 0 Å². The van der Waals surface area contributed by atoms with Crippen molar-refractivity contribution in [2.45, 2.75) is 6.92 Å². The van der Waals surface area contributed by atoms with Crippen LogP contribution in [0.5, 0.6) is 5.75 Å². The van der Waals surface area contributed by atoms with Crippen molar-refractivity contribution in [2.24, 2.45) is 0 Å². The minimum absolute atomic E-state index is 0.0783. The zero-order valence-corrected chi connectivity index (χ0v) is 7.93. The topological polar surface area (TPSA) is 49.3 Å². The smallest absolute Gasteiger partial charge is 0.251 e. The third-order valence-corrected chi connectivity index (χ3v) is 1.87. The summed E-state index contributed by atoms with van der Waals surface area (Å²) in [6, 6.07) is 4.39. The lowest BCUT2D eigenvalue weighted by Crippen LogP contribution is -2.22. The SMILES string of the molecule is CCNC(=O)c1ccc(Cl)c(O)c1. The number of hydrogen-bond acceptors (Lipinski definition) is 2. The summed E-state index contributed by atoms with van der Waals surface area (Å²) in [6.07, 6.45) is 0. The summed E-state index contributed by atoms with van der Waals surface area (Å²) in [7, 11) is 0. The van der Waals surface area contributed by atoms with Crippen LogP contribution < -0.4 is 5.32 Å². The molecule has 3 nitrogen and oxygen atoms in total. The first-order chi connectivity index (χ1) is 6.15. The van der Waals surface area contributed by atoms with Crippen molar-refractivity contribution >= 4 is 17.5 Å². The van der Waals surface area contributed by atoms with Crippen molar-refractivity contribution in [3.05, 3.63) is 28.8 Å². The second-order valence-electron chi connectivity index (χ2n) is 2.53. The Morgan fingerprint density at radius 2 is 2.31 bits per heavy atom. The fourth-order valence-electron chi connectivity index (χ4n) is 0.917. The molecule has 0 aliphatic heterocycles. The molecule has 0 atom stereocenters. The van der Waals surface area contributed by atoms with Gasteiger partial charge >= 0.3 is 0 Å². The standard InChI is InChI=1S/C9H10ClNO2/c1-2-11-9(13)6-3-4-7(10)8(12)5-6/h3-5,12H,2H2,1H3,(H,11,13). The van der Waals surface area contributed by atoms with Gasteiger partial charge in [0.2, 0.25) is 0 Å². The van der Waals surface area contributed by atoms with E-state index in [1.54, 1.807) is 6.07 Å². The van der Waals surface area contributed by atoms with Gasteiger partial charge in [0, 0.05) is 12.1 Å². The monoisotopic (exact) mass is 199 g/mol. The van der Waals surface area contributed by atoms with Gasteiger partial charge in [0.15, 0.2) is 0 Å². The molecule has 13 heavy (non-hydrogen) atoms. The minimum atomic E-state index is -0.213. The van der Waals surface area contributed by atoms with Gasteiger partial charge in [-0.3, -0.25) is 4.79 Å². The Balaban J connectivity index is 2.90. The van der Waals surface area contributed by atoms with Crippen LogP contribution >= 0.6 is 11.6 Å². The van der Waals surface area contributed by atoms with Gasteiger partial charge in [0.25, 0.3) is 5.91 Å². The number of aromatic hydroxyl groups is 1. The first-order valence-electron chi connectivity index (χ1n) is 3.92. The van der Waals surface area contributed by atoms with Crippen LogP contribution in [-0.2, 0) is 0 Å². The predicted molar refractivity (Wildman–Crippen MR) is 51.1 cm³/mol. The van der Waals surface area contributed by atoms with Crippen LogP contribution in [0.4, 0.5) is 0 Å². The molecular formula is C9H10ClNO2. The van der Waals surface area contributed by atoms with E-state index in [1.165, 1.54) is 12.1 Å². The van der Waals surface area contributed by atoms with E-state index < -0.39 is 0 Å². The zero-order valence-electron chi connectivity index (χ0n) is 7.17. The minimum Gasteiger partial charge on any atom is -0.506 e. The molecule has 1 aromatic rings. The summed E-state index contributed by atoms with van der Waals surface area (Å²) in [6.45, 7) is 2.38. The summed E-state index contributed by atoms with van der Waals surface area (Å²) in [5.74, 6) is -0.292. The Hall–Kier alpha value is -1.22. The lowest BCUT2D eigenvalue weighted by Gasteiger charge is -2.02. The molecule has 0 heterocycles. The number of amides is 1. The molecule has 0 spiro atoms. The molecule has 0 bridgehead atoms. The van der Waals surface area contributed by atoms with Gasteiger partial charge in [0.05, 0.1) is 5.02 Å². The quantitative estimate of drug-likeness (QED) is 0.763. The first kappa shape index (κ1) is 9.86. The molecular weight excluding hydrogens is 190 g/mol. The Morgan fingerprint density at radius 1 is 1.62 bits per heavy atom. The zero-order chi connectivity index (χ0) is 9.84. The molecule has 4 heteroatoms. The molecule has 0 radical (unpaired) electrons. The average molecular weight is 200 g/mol. The van der Waals surface area contributed by atoms with Gasteiger partial charge < -0.3 is 10.4 Å². The molecule has 0 saturated carbocycles. The Bertz CT molecular complexity index is 325. The number of halogens is 1. The summed E-state index contributed by atoms with van der Waals surface area (Å²) in [4.78, 5) is 11.2. The van der Waals surface area contributed by atoms with Crippen LogP contribution in [-0.4, -0.2) is 17.6 Å². The van der Waals surface area contributed by atoms with E-state index in [4.69, 9.17) is 11.6 Å². The molecule has 0 unspecified atom stereocenters. The van der Waals surface area contributed by atoms with Crippen molar-refractivity contribution in [2.75, 3.05) is 6.54 Å². The first-order valence-corrected chi connectivity index (χ1v) is 4.29. The highest BCUT2D eigenvalue weighted by atomic mass is 35.5. The van der Waals surface area contributed by atoms with Gasteiger partial charge in [-0.05, 0) is 25.1 Å². The van der Waals surface area contributed by atoms with Crippen LogP contribution in [0.15, 0.2) is 18.2 Å². The van der Waals surface area contributed by atoms with E-state index in [0.29, 0.717) is 12.1 Å². The maximum absolute atomic E-state index is 11.2. The highest BCUT2D eigenvalue weighted by Crippen LogP contribution is 2.23. The number of rotatable bonds is 2. The molecule has 0 saturated heterocycles. The lowest BCUT2D eigenvalue weighted by atomic mass is 10.2. The Labute approximate surface area is 81.3 Å². The van der Waals surface area contributed by atoms with Crippen molar-refractivity contribution in [3.8, 4) is 5.75 Å². The van der Waals surface area contributed by atoms with E-state index in [2.05, 4.69) is 5.32 Å². The Kier molecular flexibility index (Phi) is 3.14. The number of carbonyl (C=O) groups excluding carboxylic acids is 1. The molecule has 1 rings (SSSR count). The molecule has 2 N–H and O–H groups in total. The average Bonchev–Trinajstić information content (AvgIpc) is 2.10. The van der Waals surface area contributed by atoms with Gasteiger partial charge in [-0.1, -0.05) is 11.6 Å². The molecule has 1 aromatic carbocycles. The van der Waals surface area contributed by atoms with E-state index >= 15 is 0 Å². The lowest BCUT2D eigenvalue weighted by molar-refractivity contribution is 0.0955. The van der Waals surface area contributed by atoms with Crippen LogP contribution in [0.25, 0.3) is 0 Å². The summed E-state index contributed by atoms with van der Waals surface area (Å²) in [5.41, 5.74) is 0.406. The summed E-state index contributed by atoms with van der Waals surface area (Å²) >= 11 is 5.58. The maximum atomic E-state index is 11.2. The van der Waals surface area contributed by atoms with Crippen LogP contribution in [0.1, 0.15) is 17.3 Å². The summed E-state index contributed by atoms with van der Waals surface area (Å²) < 4.78 is 0. The number of phenolic OH excluding ortho intramolecular Hbond substituents is 1. The van der Waals surface area contributed by atoms with E-state index in [1.807, 2.05) is 6.92 Å². The highest BCUT2D eigenvalue weighted by molar-refractivity contribution is 6.32. The third-order valence-electron chi connectivity index (χ3n) is 1.55. The maximum Gasteiger partial charge on any atom is 0.251 e. The Morgan fingerprint density at radius 3 is 2.85 bits per heavy atom. The fraction of sp³-hybridized carbons (Fsp3) is 0.222. The van der Waals surface area contributed by atoms with Gasteiger partial charge in [-0.2, -0.15) is 0 Å². The molecule has 0 aliphatic rings. The number of phenols is 1. The molecule has 0 aromatic heterocycles. The normalized spacial score (nSPS) is 9.69. The number of benzene rings is 1. The van der Waals surface area contributed by atoms with Gasteiger partial charge in [-0.25, -0.2) is 0 Å². The van der Waals surface area contributed by atoms with Crippen LogP contribution in [0, 0.1) is 0 Å². The molecule has 1 amide bonds. The van der Waals surface area contributed by atoms with E-state index in [9.17, 15) is 9.90 Å². The van der Waals surface area contributed by atoms with Gasteiger partial charge in [-0.15, -0.1) is 0 Å². The van der Waals surface area contributed by atoms with Crippen LogP contribution in [0.3, 0.4) is 0 Å². The number of carbonyl (C=O) groups is 1. The largest absolute Gasteiger partial charge is 0.506 e. The third kappa shape index (κ3) is 2.36. The fourth-order valence-corrected chi connectivity index (χ4v) is 1.03. The number of hydrogen-bond donors (Lipinski definition) is 2. The van der Waals surface area contributed by atoms with E-state index in [-0.39, 0.29) is 16.7 Å². The van der Waals surface area contributed by atoms with Crippen LogP contribution in [0.2, 0.25) is 5.02 Å². The molecule has 0 fully saturated rings. The molecule has 0 aliphatic carbocycles. The highest BCUT2D eigenvalue weighted by Gasteiger charge is 2.06. The number of nitrogens with one attached hydrogen (secondary N) is 1.